The number of ether oxygens (including phenoxy) is 1. The highest BCUT2D eigenvalue weighted by molar-refractivity contribution is 9.10. The highest BCUT2D eigenvalue weighted by Gasteiger charge is 2.11. The molecule has 1 atom stereocenters. The Bertz CT molecular complexity index is 617. The van der Waals surface area contributed by atoms with Crippen LogP contribution in [0.2, 0.25) is 10.0 Å². The SMILES string of the molecule is CC(N)Cc1ccccc1Oc1cc(Cl)c(Br)cc1Cl. The van der Waals surface area contributed by atoms with E-state index in [2.05, 4.69) is 15.9 Å². The molecule has 5 heteroatoms. The second kappa shape index (κ2) is 6.81. The van der Waals surface area contributed by atoms with Crippen molar-refractivity contribution in [1.82, 2.24) is 0 Å². The zero-order valence-electron chi connectivity index (χ0n) is 10.9. The third-order valence-corrected chi connectivity index (χ3v) is 4.20. The lowest BCUT2D eigenvalue weighted by Crippen LogP contribution is -2.18. The van der Waals surface area contributed by atoms with Crippen LogP contribution in [0, 0.1) is 0 Å². The van der Waals surface area contributed by atoms with Crippen molar-refractivity contribution in [3.63, 3.8) is 0 Å². The van der Waals surface area contributed by atoms with Crippen molar-refractivity contribution >= 4 is 39.1 Å². The third kappa shape index (κ3) is 3.89. The molecular formula is C15H14BrCl2NO. The fourth-order valence-corrected chi connectivity index (χ4v) is 2.65. The van der Waals surface area contributed by atoms with Crippen LogP contribution in [-0.2, 0) is 6.42 Å². The minimum absolute atomic E-state index is 0.0590. The molecule has 20 heavy (non-hydrogen) atoms. The van der Waals surface area contributed by atoms with Crippen molar-refractivity contribution in [3.8, 4) is 11.5 Å². The number of nitrogens with two attached hydrogens (primary N) is 1. The van der Waals surface area contributed by atoms with Gasteiger partial charge in [0.15, 0.2) is 0 Å². The molecular weight excluding hydrogens is 361 g/mol. The Kier molecular flexibility index (Phi) is 5.33. The molecule has 0 heterocycles. The Morgan fingerprint density at radius 2 is 1.85 bits per heavy atom. The highest BCUT2D eigenvalue weighted by Crippen LogP contribution is 2.37. The molecule has 2 N–H and O–H groups in total. The predicted molar refractivity (Wildman–Crippen MR) is 88.0 cm³/mol. The molecule has 0 spiro atoms. The molecule has 2 aromatic carbocycles. The average molecular weight is 375 g/mol. The quantitative estimate of drug-likeness (QED) is 0.723. The van der Waals surface area contributed by atoms with E-state index in [-0.39, 0.29) is 6.04 Å². The molecule has 0 fully saturated rings. The Balaban J connectivity index is 2.33. The van der Waals surface area contributed by atoms with Gasteiger partial charge in [0.2, 0.25) is 0 Å². The van der Waals surface area contributed by atoms with E-state index in [0.29, 0.717) is 15.8 Å². The van der Waals surface area contributed by atoms with Gasteiger partial charge in [-0.3, -0.25) is 0 Å². The maximum Gasteiger partial charge on any atom is 0.147 e. The van der Waals surface area contributed by atoms with Gasteiger partial charge >= 0.3 is 0 Å². The molecule has 0 aliphatic rings. The number of hydrogen-bond acceptors (Lipinski definition) is 2. The van der Waals surface area contributed by atoms with Crippen molar-refractivity contribution in [1.29, 1.82) is 0 Å². The molecule has 2 nitrogen and oxygen atoms in total. The van der Waals surface area contributed by atoms with Crippen LogP contribution in [0.4, 0.5) is 0 Å². The lowest BCUT2D eigenvalue weighted by Gasteiger charge is -2.14. The Morgan fingerprint density at radius 3 is 2.55 bits per heavy atom. The topological polar surface area (TPSA) is 35.2 Å². The lowest BCUT2D eigenvalue weighted by atomic mass is 10.1. The number of hydrogen-bond donors (Lipinski definition) is 1. The molecule has 0 bridgehead atoms. The van der Waals surface area contributed by atoms with Crippen molar-refractivity contribution in [2.24, 2.45) is 5.73 Å². The summed E-state index contributed by atoms with van der Waals surface area (Å²) in [5.74, 6) is 1.27. The summed E-state index contributed by atoms with van der Waals surface area (Å²) in [5, 5.41) is 1.05. The van der Waals surface area contributed by atoms with Gasteiger partial charge in [0.1, 0.15) is 11.5 Å². The molecule has 1 unspecified atom stereocenters. The van der Waals surface area contributed by atoms with Crippen molar-refractivity contribution in [2.75, 3.05) is 0 Å². The van der Waals surface area contributed by atoms with Gasteiger partial charge in [-0.15, -0.1) is 0 Å². The van der Waals surface area contributed by atoms with Crippen LogP contribution in [-0.4, -0.2) is 6.04 Å². The minimum atomic E-state index is 0.0590. The van der Waals surface area contributed by atoms with Crippen LogP contribution in [0.15, 0.2) is 40.9 Å². The minimum Gasteiger partial charge on any atom is -0.455 e. The second-order valence-corrected chi connectivity index (χ2v) is 6.26. The van der Waals surface area contributed by atoms with Gasteiger partial charge in [-0.05, 0) is 47.0 Å². The summed E-state index contributed by atoms with van der Waals surface area (Å²) in [6.07, 6.45) is 0.734. The monoisotopic (exact) mass is 373 g/mol. The number of benzene rings is 2. The van der Waals surface area contributed by atoms with Crippen LogP contribution in [0.3, 0.4) is 0 Å². The van der Waals surface area contributed by atoms with Gasteiger partial charge in [0.25, 0.3) is 0 Å². The molecule has 0 saturated carbocycles. The van der Waals surface area contributed by atoms with Crippen LogP contribution < -0.4 is 10.5 Å². The first-order valence-corrected chi connectivity index (χ1v) is 7.68. The van der Waals surface area contributed by atoms with Crippen molar-refractivity contribution in [3.05, 3.63) is 56.5 Å². The molecule has 0 aliphatic carbocycles. The smallest absolute Gasteiger partial charge is 0.147 e. The van der Waals surface area contributed by atoms with Gasteiger partial charge in [0.05, 0.1) is 10.0 Å². The normalized spacial score (nSPS) is 12.2. The number of rotatable bonds is 4. The zero-order valence-corrected chi connectivity index (χ0v) is 14.0. The summed E-state index contributed by atoms with van der Waals surface area (Å²) < 4.78 is 6.62. The molecule has 0 aliphatic heterocycles. The number of para-hydroxylation sites is 1. The predicted octanol–water partition coefficient (Wildman–Crippen LogP) is 5.44. The van der Waals surface area contributed by atoms with E-state index in [1.165, 1.54) is 0 Å². The maximum absolute atomic E-state index is 6.17. The first-order chi connectivity index (χ1) is 9.47. The van der Waals surface area contributed by atoms with E-state index in [9.17, 15) is 0 Å². The molecule has 106 valence electrons. The third-order valence-electron chi connectivity index (χ3n) is 2.71. The summed E-state index contributed by atoms with van der Waals surface area (Å²) in [4.78, 5) is 0. The van der Waals surface area contributed by atoms with Crippen LogP contribution in [0.5, 0.6) is 11.5 Å². The van der Waals surface area contributed by atoms with Gasteiger partial charge < -0.3 is 10.5 Å². The Labute approximate surface area is 137 Å². The largest absolute Gasteiger partial charge is 0.455 e. The van der Waals surface area contributed by atoms with Crippen LogP contribution >= 0.6 is 39.1 Å². The van der Waals surface area contributed by atoms with Crippen molar-refractivity contribution in [2.45, 2.75) is 19.4 Å². The van der Waals surface area contributed by atoms with Gasteiger partial charge in [-0.25, -0.2) is 0 Å². The van der Waals surface area contributed by atoms with Crippen LogP contribution in [0.25, 0.3) is 0 Å². The first kappa shape index (κ1) is 15.6. The Morgan fingerprint density at radius 1 is 1.15 bits per heavy atom. The standard InChI is InChI=1S/C15H14BrCl2NO/c1-9(19)6-10-4-2-3-5-14(10)20-15-8-12(17)11(16)7-13(15)18/h2-5,7-9H,6,19H2,1H3. The van der Waals surface area contributed by atoms with E-state index in [0.717, 1.165) is 22.2 Å². The molecule has 0 amide bonds. The molecule has 0 radical (unpaired) electrons. The van der Waals surface area contributed by atoms with Crippen LogP contribution in [0.1, 0.15) is 12.5 Å². The maximum atomic E-state index is 6.17. The summed E-state index contributed by atoms with van der Waals surface area (Å²) in [6.45, 7) is 1.96. The van der Waals surface area contributed by atoms with E-state index in [1.807, 2.05) is 31.2 Å². The van der Waals surface area contributed by atoms with Gasteiger partial charge in [0, 0.05) is 16.6 Å². The zero-order chi connectivity index (χ0) is 14.7. The van der Waals surface area contributed by atoms with E-state index in [1.54, 1.807) is 12.1 Å². The first-order valence-electron chi connectivity index (χ1n) is 6.13. The van der Waals surface area contributed by atoms with Gasteiger partial charge in [-0.2, -0.15) is 0 Å². The average Bonchev–Trinajstić information content (AvgIpc) is 2.37. The summed E-state index contributed by atoms with van der Waals surface area (Å²) in [6, 6.07) is 11.2. The summed E-state index contributed by atoms with van der Waals surface area (Å²) in [7, 11) is 0. The van der Waals surface area contributed by atoms with E-state index < -0.39 is 0 Å². The fourth-order valence-electron chi connectivity index (χ4n) is 1.82. The van der Waals surface area contributed by atoms with E-state index >= 15 is 0 Å². The summed E-state index contributed by atoms with van der Waals surface area (Å²) in [5.41, 5.74) is 6.89. The summed E-state index contributed by atoms with van der Waals surface area (Å²) >= 11 is 15.6. The fraction of sp³-hybridized carbons (Fsp3) is 0.200. The lowest BCUT2D eigenvalue weighted by molar-refractivity contribution is 0.474. The second-order valence-electron chi connectivity index (χ2n) is 4.59. The van der Waals surface area contributed by atoms with E-state index in [4.69, 9.17) is 33.7 Å². The molecule has 0 saturated heterocycles. The van der Waals surface area contributed by atoms with Crippen molar-refractivity contribution < 1.29 is 4.74 Å². The molecule has 0 aromatic heterocycles. The van der Waals surface area contributed by atoms with Gasteiger partial charge in [-0.1, -0.05) is 41.4 Å². The molecule has 2 rings (SSSR count). The highest BCUT2D eigenvalue weighted by atomic mass is 79.9. The number of halogens is 3. The Hall–Kier alpha value is -0.740. The molecule has 2 aromatic rings.